The molecule has 1 unspecified atom stereocenters. The van der Waals surface area contributed by atoms with Gasteiger partial charge in [0.15, 0.2) is 0 Å². The first-order chi connectivity index (χ1) is 10.1. The second-order valence-corrected chi connectivity index (χ2v) is 5.68. The molecule has 0 saturated carbocycles. The highest BCUT2D eigenvalue weighted by molar-refractivity contribution is 6.30. The fraction of sp³-hybridized carbons (Fsp3) is 0.222. The van der Waals surface area contributed by atoms with E-state index in [1.165, 1.54) is 0 Å². The van der Waals surface area contributed by atoms with Crippen molar-refractivity contribution in [2.75, 3.05) is 20.6 Å². The predicted molar refractivity (Wildman–Crippen MR) is 89.4 cm³/mol. The molecule has 0 aliphatic rings. The van der Waals surface area contributed by atoms with Gasteiger partial charge in [0.05, 0.1) is 0 Å². The minimum absolute atomic E-state index is 0.631. The van der Waals surface area contributed by atoms with Crippen LogP contribution < -0.4 is 0 Å². The normalized spacial score (nSPS) is 13.5. The van der Waals surface area contributed by atoms with Crippen LogP contribution in [0.2, 0.25) is 5.02 Å². The van der Waals surface area contributed by atoms with Gasteiger partial charge in [0, 0.05) is 11.6 Å². The summed E-state index contributed by atoms with van der Waals surface area (Å²) in [7, 11) is 4.01. The third kappa shape index (κ3) is 4.43. The molecule has 0 saturated heterocycles. The number of halogens is 1. The standard InChI is InChI=1S/C18H20ClNO/c1-20(2)12-11-17(14-7-4-3-5-8-14)18(21)15-9-6-10-16(19)13-15/h3-11,13,18,21H,12H2,1-2H3/b17-11-. The van der Waals surface area contributed by atoms with E-state index in [2.05, 4.69) is 11.0 Å². The molecule has 3 heteroatoms. The van der Waals surface area contributed by atoms with E-state index in [0.717, 1.165) is 23.2 Å². The molecular formula is C18H20ClNO. The van der Waals surface area contributed by atoms with Gasteiger partial charge in [0.1, 0.15) is 6.10 Å². The maximum Gasteiger partial charge on any atom is 0.104 e. The number of likely N-dealkylation sites (N-methyl/N-ethyl adjacent to an activating group) is 1. The van der Waals surface area contributed by atoms with E-state index in [1.807, 2.05) is 62.6 Å². The molecular weight excluding hydrogens is 282 g/mol. The predicted octanol–water partition coefficient (Wildman–Crippen LogP) is 4.02. The molecule has 1 atom stereocenters. The van der Waals surface area contributed by atoms with Crippen molar-refractivity contribution in [1.82, 2.24) is 4.90 Å². The minimum atomic E-state index is -0.689. The van der Waals surface area contributed by atoms with Gasteiger partial charge in [0.25, 0.3) is 0 Å². The van der Waals surface area contributed by atoms with Gasteiger partial charge in [-0.05, 0) is 42.9 Å². The molecule has 21 heavy (non-hydrogen) atoms. The third-order valence-electron chi connectivity index (χ3n) is 3.24. The summed E-state index contributed by atoms with van der Waals surface area (Å²) in [6, 6.07) is 17.3. The molecule has 0 aliphatic heterocycles. The average molecular weight is 302 g/mol. The van der Waals surface area contributed by atoms with Crippen LogP contribution in [0.5, 0.6) is 0 Å². The number of nitrogens with zero attached hydrogens (tertiary/aromatic N) is 1. The van der Waals surface area contributed by atoms with Crippen molar-refractivity contribution in [2.24, 2.45) is 0 Å². The lowest BCUT2D eigenvalue weighted by molar-refractivity contribution is 0.237. The van der Waals surface area contributed by atoms with Crippen LogP contribution in [0.3, 0.4) is 0 Å². The summed E-state index contributed by atoms with van der Waals surface area (Å²) >= 11 is 6.03. The molecule has 0 spiro atoms. The van der Waals surface area contributed by atoms with Crippen molar-refractivity contribution in [3.63, 3.8) is 0 Å². The van der Waals surface area contributed by atoms with Crippen LogP contribution in [0.1, 0.15) is 17.2 Å². The van der Waals surface area contributed by atoms with Gasteiger partial charge >= 0.3 is 0 Å². The van der Waals surface area contributed by atoms with Crippen molar-refractivity contribution in [3.8, 4) is 0 Å². The van der Waals surface area contributed by atoms with Crippen LogP contribution in [-0.4, -0.2) is 30.6 Å². The van der Waals surface area contributed by atoms with Crippen molar-refractivity contribution in [2.45, 2.75) is 6.10 Å². The summed E-state index contributed by atoms with van der Waals surface area (Å²) in [5.41, 5.74) is 2.72. The molecule has 1 N–H and O–H groups in total. The van der Waals surface area contributed by atoms with E-state index in [9.17, 15) is 5.11 Å². The molecule has 0 aromatic heterocycles. The van der Waals surface area contributed by atoms with Gasteiger partial charge in [-0.15, -0.1) is 0 Å². The molecule has 2 aromatic carbocycles. The van der Waals surface area contributed by atoms with E-state index >= 15 is 0 Å². The fourth-order valence-electron chi connectivity index (χ4n) is 2.16. The Morgan fingerprint density at radius 2 is 1.86 bits per heavy atom. The Morgan fingerprint density at radius 1 is 1.14 bits per heavy atom. The lowest BCUT2D eigenvalue weighted by Gasteiger charge is -2.18. The monoisotopic (exact) mass is 301 g/mol. The zero-order chi connectivity index (χ0) is 15.2. The summed E-state index contributed by atoms with van der Waals surface area (Å²) < 4.78 is 0. The van der Waals surface area contributed by atoms with Crippen molar-refractivity contribution in [3.05, 3.63) is 76.8 Å². The van der Waals surface area contributed by atoms with Crippen molar-refractivity contribution in [1.29, 1.82) is 0 Å². The van der Waals surface area contributed by atoms with Gasteiger partial charge in [-0.25, -0.2) is 0 Å². The lowest BCUT2D eigenvalue weighted by atomic mass is 9.95. The smallest absolute Gasteiger partial charge is 0.104 e. The second kappa shape index (κ2) is 7.41. The van der Waals surface area contributed by atoms with Crippen LogP contribution in [0.25, 0.3) is 5.57 Å². The first kappa shape index (κ1) is 15.8. The molecule has 0 heterocycles. The van der Waals surface area contributed by atoms with E-state index in [1.54, 1.807) is 6.07 Å². The molecule has 0 fully saturated rings. The summed E-state index contributed by atoms with van der Waals surface area (Å²) in [5.74, 6) is 0. The molecule has 0 radical (unpaired) electrons. The van der Waals surface area contributed by atoms with E-state index in [-0.39, 0.29) is 0 Å². The number of hydrogen-bond acceptors (Lipinski definition) is 2. The van der Waals surface area contributed by atoms with Crippen LogP contribution in [-0.2, 0) is 0 Å². The number of hydrogen-bond donors (Lipinski definition) is 1. The zero-order valence-electron chi connectivity index (χ0n) is 12.3. The van der Waals surface area contributed by atoms with Crippen molar-refractivity contribution < 1.29 is 5.11 Å². The second-order valence-electron chi connectivity index (χ2n) is 5.25. The van der Waals surface area contributed by atoms with E-state index in [4.69, 9.17) is 11.6 Å². The Bertz CT molecular complexity index is 608. The topological polar surface area (TPSA) is 23.5 Å². The van der Waals surface area contributed by atoms with Crippen LogP contribution in [0.4, 0.5) is 0 Å². The quantitative estimate of drug-likeness (QED) is 0.901. The summed E-state index contributed by atoms with van der Waals surface area (Å²) in [6.07, 6.45) is 1.37. The molecule has 2 aromatic rings. The SMILES string of the molecule is CN(C)C/C=C(/c1ccccc1)C(O)c1cccc(Cl)c1. The lowest BCUT2D eigenvalue weighted by Crippen LogP contribution is -2.12. The minimum Gasteiger partial charge on any atom is -0.384 e. The molecule has 110 valence electrons. The summed E-state index contributed by atoms with van der Waals surface area (Å²) in [4.78, 5) is 2.06. The summed E-state index contributed by atoms with van der Waals surface area (Å²) in [6.45, 7) is 0.766. The number of benzene rings is 2. The Kier molecular flexibility index (Phi) is 5.57. The fourth-order valence-corrected chi connectivity index (χ4v) is 2.35. The van der Waals surface area contributed by atoms with Crippen molar-refractivity contribution >= 4 is 17.2 Å². The highest BCUT2D eigenvalue weighted by atomic mass is 35.5. The van der Waals surface area contributed by atoms with Gasteiger partial charge in [-0.1, -0.05) is 60.1 Å². The Hall–Kier alpha value is -1.61. The average Bonchev–Trinajstić information content (AvgIpc) is 2.48. The maximum atomic E-state index is 10.7. The first-order valence-electron chi connectivity index (χ1n) is 6.91. The zero-order valence-corrected chi connectivity index (χ0v) is 13.1. The van der Waals surface area contributed by atoms with Gasteiger partial charge in [-0.3, -0.25) is 0 Å². The largest absolute Gasteiger partial charge is 0.384 e. The van der Waals surface area contributed by atoms with E-state index < -0.39 is 6.10 Å². The Balaban J connectivity index is 2.37. The molecule has 0 bridgehead atoms. The molecule has 2 rings (SSSR count). The first-order valence-corrected chi connectivity index (χ1v) is 7.29. The van der Waals surface area contributed by atoms with Gasteiger partial charge < -0.3 is 10.0 Å². The van der Waals surface area contributed by atoms with Crippen LogP contribution in [0.15, 0.2) is 60.7 Å². The Labute approximate surface area is 131 Å². The van der Waals surface area contributed by atoms with Crippen LogP contribution >= 0.6 is 11.6 Å². The number of aliphatic hydroxyl groups excluding tert-OH is 1. The number of aliphatic hydroxyl groups is 1. The molecule has 0 aliphatic carbocycles. The molecule has 0 amide bonds. The van der Waals surface area contributed by atoms with E-state index in [0.29, 0.717) is 5.02 Å². The third-order valence-corrected chi connectivity index (χ3v) is 3.48. The highest BCUT2D eigenvalue weighted by Gasteiger charge is 2.15. The van der Waals surface area contributed by atoms with Gasteiger partial charge in [0.2, 0.25) is 0 Å². The highest BCUT2D eigenvalue weighted by Crippen LogP contribution is 2.31. The maximum absolute atomic E-state index is 10.7. The summed E-state index contributed by atoms with van der Waals surface area (Å²) in [5, 5.41) is 11.4. The number of rotatable bonds is 5. The van der Waals surface area contributed by atoms with Crippen LogP contribution in [0, 0.1) is 0 Å². The Morgan fingerprint density at radius 3 is 2.48 bits per heavy atom. The molecule has 2 nitrogen and oxygen atoms in total. The van der Waals surface area contributed by atoms with Gasteiger partial charge in [-0.2, -0.15) is 0 Å².